The van der Waals surface area contributed by atoms with Crippen LogP contribution in [-0.2, 0) is 23.7 Å². The fourth-order valence-electron chi connectivity index (χ4n) is 1.13. The highest BCUT2D eigenvalue weighted by atomic mass is 32.1. The third-order valence-corrected chi connectivity index (χ3v) is 2.14. The summed E-state index contributed by atoms with van der Waals surface area (Å²) in [6.45, 7) is 4.43. The molecule has 0 aromatic rings. The number of thiol groups is 1. The molecule has 8 heteroatoms. The van der Waals surface area contributed by atoms with Crippen LogP contribution >= 0.6 is 12.6 Å². The van der Waals surface area contributed by atoms with E-state index in [1.54, 1.807) is 0 Å². The van der Waals surface area contributed by atoms with Gasteiger partial charge in [0, 0.05) is 0 Å². The molecule has 0 aromatic carbocycles. The fraction of sp³-hybridized carbons (Fsp3) is 1.00. The molecule has 0 aromatic heterocycles. The zero-order chi connectivity index (χ0) is 14.9. The minimum absolute atomic E-state index is 0.0311. The Morgan fingerprint density at radius 2 is 1.00 bits per heavy atom. The van der Waals surface area contributed by atoms with Crippen molar-refractivity contribution >= 4 is 12.6 Å². The van der Waals surface area contributed by atoms with Crippen molar-refractivity contribution in [1.82, 2.24) is 0 Å². The summed E-state index contributed by atoms with van der Waals surface area (Å²) in [6, 6.07) is 0. The van der Waals surface area contributed by atoms with E-state index >= 15 is 0 Å². The first kappa shape index (κ1) is 20.1. The standard InChI is InChI=1S/C12H26O7S/c13-1-2-15-3-4-16-5-6-17-7-8-18-9-10-19-11-12(14)20/h12-14,20H,1-11H2. The Bertz CT molecular complexity index is 183. The zero-order valence-corrected chi connectivity index (χ0v) is 12.6. The third-order valence-electron chi connectivity index (χ3n) is 1.99. The van der Waals surface area contributed by atoms with E-state index in [0.717, 1.165) is 0 Å². The molecule has 0 radical (unpaired) electrons. The van der Waals surface area contributed by atoms with Gasteiger partial charge in [-0.15, -0.1) is 12.6 Å². The van der Waals surface area contributed by atoms with Crippen LogP contribution in [0.25, 0.3) is 0 Å². The number of aliphatic hydroxyl groups is 2. The van der Waals surface area contributed by atoms with Gasteiger partial charge in [-0.1, -0.05) is 0 Å². The monoisotopic (exact) mass is 314 g/mol. The lowest BCUT2D eigenvalue weighted by Gasteiger charge is -2.08. The van der Waals surface area contributed by atoms with E-state index in [-0.39, 0.29) is 13.2 Å². The molecule has 1 unspecified atom stereocenters. The highest BCUT2D eigenvalue weighted by Crippen LogP contribution is 1.89. The molecule has 0 amide bonds. The molecule has 0 fully saturated rings. The minimum Gasteiger partial charge on any atom is -0.394 e. The van der Waals surface area contributed by atoms with Gasteiger partial charge in [0.15, 0.2) is 0 Å². The van der Waals surface area contributed by atoms with Crippen LogP contribution in [0.3, 0.4) is 0 Å². The van der Waals surface area contributed by atoms with Crippen molar-refractivity contribution < 1.29 is 33.9 Å². The maximum absolute atomic E-state index is 8.80. The van der Waals surface area contributed by atoms with E-state index in [4.69, 9.17) is 33.9 Å². The van der Waals surface area contributed by atoms with Crippen molar-refractivity contribution in [3.8, 4) is 0 Å². The summed E-state index contributed by atoms with van der Waals surface area (Å²) in [6.07, 6.45) is 0. The Morgan fingerprint density at radius 3 is 1.35 bits per heavy atom. The first-order chi connectivity index (χ1) is 9.77. The molecule has 1 atom stereocenters. The van der Waals surface area contributed by atoms with E-state index in [2.05, 4.69) is 12.6 Å². The number of rotatable bonds is 16. The van der Waals surface area contributed by atoms with Gasteiger partial charge in [0.2, 0.25) is 0 Å². The van der Waals surface area contributed by atoms with Gasteiger partial charge < -0.3 is 33.9 Å². The molecule has 2 N–H and O–H groups in total. The molecule has 0 heterocycles. The van der Waals surface area contributed by atoms with Crippen LogP contribution in [0.2, 0.25) is 0 Å². The van der Waals surface area contributed by atoms with Crippen LogP contribution in [0.5, 0.6) is 0 Å². The van der Waals surface area contributed by atoms with Crippen LogP contribution in [0.15, 0.2) is 0 Å². The van der Waals surface area contributed by atoms with Crippen LogP contribution in [-0.4, -0.2) is 88.3 Å². The highest BCUT2D eigenvalue weighted by molar-refractivity contribution is 7.80. The number of aliphatic hydroxyl groups excluding tert-OH is 2. The topological polar surface area (TPSA) is 86.6 Å². The molecule has 0 spiro atoms. The van der Waals surface area contributed by atoms with E-state index < -0.39 is 5.44 Å². The van der Waals surface area contributed by atoms with Crippen molar-refractivity contribution in [3.05, 3.63) is 0 Å². The summed E-state index contributed by atoms with van der Waals surface area (Å²) in [5, 5.41) is 17.3. The average Bonchev–Trinajstić information content (AvgIpc) is 2.43. The first-order valence-electron chi connectivity index (χ1n) is 6.63. The summed E-state index contributed by atoms with van der Waals surface area (Å²) in [5.74, 6) is 0. The molecule has 0 rings (SSSR count). The maximum atomic E-state index is 8.80. The summed E-state index contributed by atoms with van der Waals surface area (Å²) in [4.78, 5) is 0. The lowest BCUT2D eigenvalue weighted by Crippen LogP contribution is -2.15. The number of hydrogen-bond acceptors (Lipinski definition) is 8. The molecule has 0 bridgehead atoms. The molecule has 0 saturated heterocycles. The van der Waals surface area contributed by atoms with E-state index in [0.29, 0.717) is 59.5 Å². The van der Waals surface area contributed by atoms with Crippen molar-refractivity contribution in [2.45, 2.75) is 5.44 Å². The molecular formula is C12H26O7S. The van der Waals surface area contributed by atoms with Gasteiger partial charge in [0.1, 0.15) is 5.44 Å². The van der Waals surface area contributed by atoms with Crippen LogP contribution in [0.4, 0.5) is 0 Å². The Labute approximate surface area is 125 Å². The predicted octanol–water partition coefficient (Wildman–Crippen LogP) is -0.690. The average molecular weight is 314 g/mol. The second-order valence-electron chi connectivity index (χ2n) is 3.73. The largest absolute Gasteiger partial charge is 0.394 e. The van der Waals surface area contributed by atoms with Crippen molar-refractivity contribution in [2.24, 2.45) is 0 Å². The quantitative estimate of drug-likeness (QED) is 0.197. The van der Waals surface area contributed by atoms with Crippen molar-refractivity contribution in [3.63, 3.8) is 0 Å². The SMILES string of the molecule is OCCOCCOCCOCCOCCOCC(O)S. The summed E-state index contributed by atoms with van der Waals surface area (Å²) in [5.41, 5.74) is -0.743. The molecular weight excluding hydrogens is 288 g/mol. The second-order valence-corrected chi connectivity index (χ2v) is 4.32. The van der Waals surface area contributed by atoms with Gasteiger partial charge in [0.05, 0.1) is 72.7 Å². The van der Waals surface area contributed by atoms with Crippen molar-refractivity contribution in [2.75, 3.05) is 72.7 Å². The maximum Gasteiger partial charge on any atom is 0.120 e. The third kappa shape index (κ3) is 18.1. The number of hydrogen-bond donors (Lipinski definition) is 3. The smallest absolute Gasteiger partial charge is 0.120 e. The van der Waals surface area contributed by atoms with Crippen LogP contribution < -0.4 is 0 Å². The molecule has 7 nitrogen and oxygen atoms in total. The highest BCUT2D eigenvalue weighted by Gasteiger charge is 1.96. The van der Waals surface area contributed by atoms with Crippen molar-refractivity contribution in [1.29, 1.82) is 0 Å². The molecule has 0 aliphatic heterocycles. The summed E-state index contributed by atoms with van der Waals surface area (Å²) >= 11 is 3.76. The minimum atomic E-state index is -0.743. The van der Waals surface area contributed by atoms with Gasteiger partial charge in [-0.3, -0.25) is 0 Å². The number of ether oxygens (including phenoxy) is 5. The molecule has 0 saturated carbocycles. The fourth-order valence-corrected chi connectivity index (χ4v) is 1.24. The molecule has 0 aliphatic rings. The Morgan fingerprint density at radius 1 is 0.650 bits per heavy atom. The normalized spacial score (nSPS) is 12.8. The lowest BCUT2D eigenvalue weighted by molar-refractivity contribution is -0.0163. The second kappa shape index (κ2) is 17.1. The Kier molecular flexibility index (Phi) is 17.2. The van der Waals surface area contributed by atoms with E-state index in [1.165, 1.54) is 0 Å². The van der Waals surface area contributed by atoms with Crippen LogP contribution in [0, 0.1) is 0 Å². The van der Waals surface area contributed by atoms with E-state index in [1.807, 2.05) is 0 Å². The molecule has 122 valence electrons. The van der Waals surface area contributed by atoms with Gasteiger partial charge in [0.25, 0.3) is 0 Å². The van der Waals surface area contributed by atoms with Crippen LogP contribution in [0.1, 0.15) is 0 Å². The van der Waals surface area contributed by atoms with E-state index in [9.17, 15) is 0 Å². The summed E-state index contributed by atoms with van der Waals surface area (Å²) < 4.78 is 25.8. The molecule has 20 heavy (non-hydrogen) atoms. The Balaban J connectivity index is 2.92. The van der Waals surface area contributed by atoms with Gasteiger partial charge in [-0.2, -0.15) is 0 Å². The zero-order valence-electron chi connectivity index (χ0n) is 11.7. The lowest BCUT2D eigenvalue weighted by atomic mass is 10.7. The Hall–Kier alpha value is 0.0700. The van der Waals surface area contributed by atoms with Gasteiger partial charge in [-0.25, -0.2) is 0 Å². The predicted molar refractivity (Wildman–Crippen MR) is 76.2 cm³/mol. The van der Waals surface area contributed by atoms with Gasteiger partial charge in [-0.05, 0) is 0 Å². The summed E-state index contributed by atoms with van der Waals surface area (Å²) in [7, 11) is 0. The van der Waals surface area contributed by atoms with Gasteiger partial charge >= 0.3 is 0 Å². The molecule has 0 aliphatic carbocycles. The first-order valence-corrected chi connectivity index (χ1v) is 7.14.